The highest BCUT2D eigenvalue weighted by molar-refractivity contribution is 5.90. The lowest BCUT2D eigenvalue weighted by atomic mass is 10.1. The molecule has 1 aromatic carbocycles. The Balaban J connectivity index is 1.97. The van der Waals surface area contributed by atoms with E-state index < -0.39 is 0 Å². The summed E-state index contributed by atoms with van der Waals surface area (Å²) in [7, 11) is 0. The van der Waals surface area contributed by atoms with Crippen molar-refractivity contribution in [3.8, 4) is 0 Å². The molecule has 3 N–H and O–H groups in total. The standard InChI is InChI=1S/C15H17N3O/c16-8-5-15(19)18-14-3-1-12(2-4-14)11-13-6-9-17-10-7-13/h1-4,6-7,9-10H,5,8,11,16H2,(H,18,19). The third kappa shape index (κ3) is 4.19. The highest BCUT2D eigenvalue weighted by Gasteiger charge is 2.01. The first-order valence-corrected chi connectivity index (χ1v) is 6.25. The fourth-order valence-corrected chi connectivity index (χ4v) is 1.80. The second-order valence-electron chi connectivity index (χ2n) is 4.32. The molecule has 0 saturated carbocycles. The van der Waals surface area contributed by atoms with E-state index in [0.29, 0.717) is 13.0 Å². The van der Waals surface area contributed by atoms with Crippen molar-refractivity contribution in [2.75, 3.05) is 11.9 Å². The van der Waals surface area contributed by atoms with E-state index >= 15 is 0 Å². The number of carbonyl (C=O) groups excluding carboxylic acids is 1. The Morgan fingerprint density at radius 3 is 2.32 bits per heavy atom. The van der Waals surface area contributed by atoms with Crippen LogP contribution in [0, 0.1) is 0 Å². The number of nitrogens with zero attached hydrogens (tertiary/aromatic N) is 1. The lowest BCUT2D eigenvalue weighted by Gasteiger charge is -2.06. The summed E-state index contributed by atoms with van der Waals surface area (Å²) in [5.74, 6) is -0.0515. The first-order valence-electron chi connectivity index (χ1n) is 6.25. The van der Waals surface area contributed by atoms with Crippen molar-refractivity contribution in [2.24, 2.45) is 5.73 Å². The van der Waals surface area contributed by atoms with E-state index in [1.54, 1.807) is 12.4 Å². The van der Waals surface area contributed by atoms with Gasteiger partial charge in [-0.05, 0) is 41.8 Å². The predicted molar refractivity (Wildman–Crippen MR) is 75.8 cm³/mol. The summed E-state index contributed by atoms with van der Waals surface area (Å²) in [6.07, 6.45) is 4.78. The maximum absolute atomic E-state index is 11.4. The molecule has 19 heavy (non-hydrogen) atoms. The molecule has 1 amide bonds. The van der Waals surface area contributed by atoms with Crippen LogP contribution in [0.2, 0.25) is 0 Å². The Morgan fingerprint density at radius 1 is 1.05 bits per heavy atom. The third-order valence-electron chi connectivity index (χ3n) is 2.77. The number of carbonyl (C=O) groups is 1. The highest BCUT2D eigenvalue weighted by Crippen LogP contribution is 2.13. The molecule has 0 fully saturated rings. The normalized spacial score (nSPS) is 10.2. The van der Waals surface area contributed by atoms with E-state index in [0.717, 1.165) is 12.1 Å². The van der Waals surface area contributed by atoms with Crippen LogP contribution in [0.15, 0.2) is 48.8 Å². The second kappa shape index (κ2) is 6.66. The van der Waals surface area contributed by atoms with E-state index in [9.17, 15) is 4.79 Å². The van der Waals surface area contributed by atoms with Gasteiger partial charge in [0.25, 0.3) is 0 Å². The molecule has 0 aliphatic rings. The van der Waals surface area contributed by atoms with Crippen molar-refractivity contribution in [3.05, 3.63) is 59.9 Å². The van der Waals surface area contributed by atoms with Crippen LogP contribution >= 0.6 is 0 Å². The van der Waals surface area contributed by atoms with Gasteiger partial charge in [-0.25, -0.2) is 0 Å². The smallest absolute Gasteiger partial charge is 0.225 e. The summed E-state index contributed by atoms with van der Waals surface area (Å²) < 4.78 is 0. The molecule has 1 aromatic heterocycles. The summed E-state index contributed by atoms with van der Waals surface area (Å²) >= 11 is 0. The van der Waals surface area contributed by atoms with Gasteiger partial charge in [0, 0.05) is 31.0 Å². The van der Waals surface area contributed by atoms with Crippen LogP contribution in [0.3, 0.4) is 0 Å². The van der Waals surface area contributed by atoms with Crippen molar-refractivity contribution in [1.29, 1.82) is 0 Å². The van der Waals surface area contributed by atoms with Gasteiger partial charge in [-0.2, -0.15) is 0 Å². The van der Waals surface area contributed by atoms with Crippen molar-refractivity contribution >= 4 is 11.6 Å². The zero-order valence-corrected chi connectivity index (χ0v) is 10.7. The Morgan fingerprint density at radius 2 is 1.68 bits per heavy atom. The number of anilines is 1. The largest absolute Gasteiger partial charge is 0.330 e. The van der Waals surface area contributed by atoms with E-state index in [1.807, 2.05) is 36.4 Å². The molecule has 0 aliphatic heterocycles. The van der Waals surface area contributed by atoms with E-state index in [4.69, 9.17) is 5.73 Å². The molecule has 0 spiro atoms. The molecule has 4 heteroatoms. The van der Waals surface area contributed by atoms with Gasteiger partial charge < -0.3 is 11.1 Å². The number of aromatic nitrogens is 1. The SMILES string of the molecule is NCCC(=O)Nc1ccc(Cc2ccncc2)cc1. The summed E-state index contributed by atoms with van der Waals surface area (Å²) in [4.78, 5) is 15.4. The molecule has 0 saturated heterocycles. The second-order valence-corrected chi connectivity index (χ2v) is 4.32. The van der Waals surface area contributed by atoms with Crippen molar-refractivity contribution in [1.82, 2.24) is 4.98 Å². The molecular weight excluding hydrogens is 238 g/mol. The number of hydrogen-bond donors (Lipinski definition) is 2. The number of pyridine rings is 1. The van der Waals surface area contributed by atoms with Crippen LogP contribution < -0.4 is 11.1 Å². The summed E-state index contributed by atoms with van der Waals surface area (Å²) in [5.41, 5.74) is 8.54. The molecule has 0 aliphatic carbocycles. The van der Waals surface area contributed by atoms with Crippen molar-refractivity contribution in [2.45, 2.75) is 12.8 Å². The van der Waals surface area contributed by atoms with Gasteiger partial charge >= 0.3 is 0 Å². The number of hydrogen-bond acceptors (Lipinski definition) is 3. The quantitative estimate of drug-likeness (QED) is 0.858. The first kappa shape index (κ1) is 13.2. The van der Waals surface area contributed by atoms with Gasteiger partial charge in [-0.3, -0.25) is 9.78 Å². The maximum atomic E-state index is 11.4. The molecule has 2 rings (SSSR count). The summed E-state index contributed by atoms with van der Waals surface area (Å²) in [6, 6.07) is 11.8. The molecule has 2 aromatic rings. The average molecular weight is 255 g/mol. The lowest BCUT2D eigenvalue weighted by molar-refractivity contribution is -0.116. The Bertz CT molecular complexity index is 523. The zero-order chi connectivity index (χ0) is 13.5. The maximum Gasteiger partial charge on any atom is 0.225 e. The molecule has 98 valence electrons. The minimum Gasteiger partial charge on any atom is -0.330 e. The van der Waals surface area contributed by atoms with Crippen LogP contribution in [-0.2, 0) is 11.2 Å². The molecule has 4 nitrogen and oxygen atoms in total. The first-order chi connectivity index (χ1) is 9.28. The van der Waals surface area contributed by atoms with Gasteiger partial charge in [0.05, 0.1) is 0 Å². The van der Waals surface area contributed by atoms with E-state index in [2.05, 4.69) is 10.3 Å². The topological polar surface area (TPSA) is 68.0 Å². The average Bonchev–Trinajstić information content (AvgIpc) is 2.42. The number of amides is 1. The highest BCUT2D eigenvalue weighted by atomic mass is 16.1. The number of nitrogens with one attached hydrogen (secondary N) is 1. The zero-order valence-electron chi connectivity index (χ0n) is 10.7. The fraction of sp³-hybridized carbons (Fsp3) is 0.200. The fourth-order valence-electron chi connectivity index (χ4n) is 1.80. The number of benzene rings is 1. The molecule has 0 radical (unpaired) electrons. The van der Waals surface area contributed by atoms with E-state index in [-0.39, 0.29) is 5.91 Å². The van der Waals surface area contributed by atoms with Crippen LogP contribution in [0.1, 0.15) is 17.5 Å². The van der Waals surface area contributed by atoms with Crippen LogP contribution in [0.25, 0.3) is 0 Å². The van der Waals surface area contributed by atoms with Crippen molar-refractivity contribution in [3.63, 3.8) is 0 Å². The molecule has 0 atom stereocenters. The Labute approximate surface area is 112 Å². The lowest BCUT2D eigenvalue weighted by Crippen LogP contribution is -2.16. The van der Waals surface area contributed by atoms with Gasteiger partial charge in [0.2, 0.25) is 5.91 Å². The molecule has 1 heterocycles. The molecular formula is C15H17N3O. The minimum atomic E-state index is -0.0515. The molecule has 0 unspecified atom stereocenters. The van der Waals surface area contributed by atoms with Crippen LogP contribution in [-0.4, -0.2) is 17.4 Å². The van der Waals surface area contributed by atoms with Gasteiger partial charge in [-0.15, -0.1) is 0 Å². The predicted octanol–water partition coefficient (Wildman–Crippen LogP) is 1.96. The number of rotatable bonds is 5. The Hall–Kier alpha value is -2.20. The van der Waals surface area contributed by atoms with Gasteiger partial charge in [0.15, 0.2) is 0 Å². The van der Waals surface area contributed by atoms with Gasteiger partial charge in [-0.1, -0.05) is 12.1 Å². The third-order valence-corrected chi connectivity index (χ3v) is 2.77. The summed E-state index contributed by atoms with van der Waals surface area (Å²) in [6.45, 7) is 0.367. The summed E-state index contributed by atoms with van der Waals surface area (Å²) in [5, 5.41) is 2.80. The minimum absolute atomic E-state index is 0.0515. The number of nitrogens with two attached hydrogens (primary N) is 1. The van der Waals surface area contributed by atoms with Crippen LogP contribution in [0.5, 0.6) is 0 Å². The molecule has 0 bridgehead atoms. The Kier molecular flexibility index (Phi) is 4.64. The van der Waals surface area contributed by atoms with Gasteiger partial charge in [0.1, 0.15) is 0 Å². The van der Waals surface area contributed by atoms with Crippen LogP contribution in [0.4, 0.5) is 5.69 Å². The van der Waals surface area contributed by atoms with Crippen molar-refractivity contribution < 1.29 is 4.79 Å². The monoisotopic (exact) mass is 255 g/mol. The van der Waals surface area contributed by atoms with E-state index in [1.165, 1.54) is 11.1 Å².